The van der Waals surface area contributed by atoms with Crippen LogP contribution in [-0.2, 0) is 0 Å². The number of fused-ring (bicyclic) bond motifs is 1. The summed E-state index contributed by atoms with van der Waals surface area (Å²) in [6.07, 6.45) is 1.39. The minimum absolute atomic E-state index is 0.431. The maximum atomic E-state index is 5.80. The molecule has 2 heterocycles. The highest BCUT2D eigenvalue weighted by molar-refractivity contribution is 9.10. The van der Waals surface area contributed by atoms with E-state index in [1.165, 1.54) is 6.33 Å². The summed E-state index contributed by atoms with van der Waals surface area (Å²) in [6, 6.07) is 3.63. The fraction of sp³-hybridized carbons (Fsp3) is 0. The Morgan fingerprint density at radius 2 is 2.08 bits per heavy atom. The number of nitrogens with zero attached hydrogens (tertiary/aromatic N) is 3. The Labute approximate surface area is 81.9 Å². The molecule has 0 aliphatic carbocycles. The lowest BCUT2D eigenvalue weighted by molar-refractivity contribution is 1.17. The number of hydrogen-bond donors (Lipinski definition) is 0. The lowest BCUT2D eigenvalue weighted by atomic mass is 10.3. The van der Waals surface area contributed by atoms with E-state index in [9.17, 15) is 0 Å². The van der Waals surface area contributed by atoms with Crippen molar-refractivity contribution in [1.29, 1.82) is 0 Å². The highest BCUT2D eigenvalue weighted by Gasteiger charge is 2.01. The van der Waals surface area contributed by atoms with Crippen molar-refractivity contribution in [3.05, 3.63) is 28.2 Å². The van der Waals surface area contributed by atoms with Gasteiger partial charge in [0.05, 0.1) is 5.39 Å². The lowest BCUT2D eigenvalue weighted by Crippen LogP contribution is -1.86. The Hall–Kier alpha value is -0.740. The fourth-order valence-electron chi connectivity index (χ4n) is 0.889. The predicted octanol–water partition coefficient (Wildman–Crippen LogP) is 2.44. The zero-order chi connectivity index (χ0) is 8.55. The Morgan fingerprint density at radius 1 is 1.25 bits per heavy atom. The van der Waals surface area contributed by atoms with Crippen molar-refractivity contribution in [2.24, 2.45) is 0 Å². The molecule has 60 valence electrons. The number of hydrogen-bond acceptors (Lipinski definition) is 3. The van der Waals surface area contributed by atoms with Gasteiger partial charge < -0.3 is 0 Å². The van der Waals surface area contributed by atoms with Gasteiger partial charge in [0.1, 0.15) is 16.1 Å². The smallest absolute Gasteiger partial charge is 0.165 e. The van der Waals surface area contributed by atoms with Gasteiger partial charge in [-0.05, 0) is 28.1 Å². The Kier molecular flexibility index (Phi) is 1.94. The number of aromatic nitrogens is 3. The quantitative estimate of drug-likeness (QED) is 0.528. The van der Waals surface area contributed by atoms with E-state index in [2.05, 4.69) is 30.9 Å². The first-order valence-electron chi connectivity index (χ1n) is 3.20. The van der Waals surface area contributed by atoms with Crippen LogP contribution >= 0.6 is 27.5 Å². The van der Waals surface area contributed by atoms with Crippen molar-refractivity contribution in [2.45, 2.75) is 0 Å². The molecule has 0 aliphatic rings. The molecule has 0 aromatic carbocycles. The van der Waals surface area contributed by atoms with E-state index in [1.54, 1.807) is 6.07 Å². The number of halogens is 2. The first kappa shape index (κ1) is 7.89. The maximum absolute atomic E-state index is 5.80. The Morgan fingerprint density at radius 3 is 2.92 bits per heavy atom. The van der Waals surface area contributed by atoms with Crippen LogP contribution in [0.15, 0.2) is 23.1 Å². The van der Waals surface area contributed by atoms with Crippen LogP contribution in [-0.4, -0.2) is 15.0 Å². The molecule has 2 aromatic heterocycles. The third-order valence-electron chi connectivity index (χ3n) is 1.41. The first-order chi connectivity index (χ1) is 5.77. The zero-order valence-corrected chi connectivity index (χ0v) is 8.17. The van der Waals surface area contributed by atoms with Gasteiger partial charge >= 0.3 is 0 Å². The molecule has 0 bridgehead atoms. The van der Waals surface area contributed by atoms with Gasteiger partial charge in [-0.25, -0.2) is 15.0 Å². The maximum Gasteiger partial charge on any atom is 0.165 e. The van der Waals surface area contributed by atoms with Crippen LogP contribution in [0.2, 0.25) is 5.15 Å². The summed E-state index contributed by atoms with van der Waals surface area (Å²) in [4.78, 5) is 11.9. The van der Waals surface area contributed by atoms with Gasteiger partial charge in [-0.3, -0.25) is 0 Å². The van der Waals surface area contributed by atoms with Gasteiger partial charge in [-0.2, -0.15) is 0 Å². The van der Waals surface area contributed by atoms with Crippen molar-refractivity contribution in [2.75, 3.05) is 0 Å². The number of rotatable bonds is 0. The van der Waals surface area contributed by atoms with Crippen LogP contribution in [0.4, 0.5) is 0 Å². The Bertz CT molecular complexity index is 432. The molecule has 2 rings (SSSR count). The molecule has 0 aliphatic heterocycles. The van der Waals surface area contributed by atoms with Gasteiger partial charge in [0.2, 0.25) is 0 Å². The molecule has 2 aromatic rings. The molecule has 5 heteroatoms. The van der Waals surface area contributed by atoms with Crippen molar-refractivity contribution in [1.82, 2.24) is 15.0 Å². The third kappa shape index (κ3) is 1.28. The third-order valence-corrected chi connectivity index (χ3v) is 2.16. The average molecular weight is 244 g/mol. The summed E-state index contributed by atoms with van der Waals surface area (Å²) in [6.45, 7) is 0. The molecular formula is C7H3BrClN3. The molecule has 0 unspecified atom stereocenters. The molecule has 0 N–H and O–H groups in total. The van der Waals surface area contributed by atoms with Gasteiger partial charge in [0.25, 0.3) is 0 Å². The molecule has 0 atom stereocenters. The standard InChI is InChI=1S/C7H3BrClN3/c8-5-2-1-4-6(9)10-3-11-7(4)12-5/h1-3H. The monoisotopic (exact) mass is 243 g/mol. The molecule has 0 amide bonds. The van der Waals surface area contributed by atoms with Crippen molar-refractivity contribution in [3.63, 3.8) is 0 Å². The normalized spacial score (nSPS) is 10.5. The van der Waals surface area contributed by atoms with Crippen LogP contribution in [0.1, 0.15) is 0 Å². The van der Waals surface area contributed by atoms with E-state index >= 15 is 0 Å². The lowest BCUT2D eigenvalue weighted by Gasteiger charge is -1.96. The zero-order valence-electron chi connectivity index (χ0n) is 5.83. The molecule has 0 radical (unpaired) electrons. The summed E-state index contributed by atoms with van der Waals surface area (Å²) >= 11 is 9.05. The van der Waals surface area contributed by atoms with Crippen molar-refractivity contribution in [3.8, 4) is 0 Å². The van der Waals surface area contributed by atoms with Crippen LogP contribution in [0.3, 0.4) is 0 Å². The molecule has 12 heavy (non-hydrogen) atoms. The van der Waals surface area contributed by atoms with E-state index in [-0.39, 0.29) is 0 Å². The highest BCUT2D eigenvalue weighted by Crippen LogP contribution is 2.19. The summed E-state index contributed by atoms with van der Waals surface area (Å²) < 4.78 is 0.741. The van der Waals surface area contributed by atoms with Gasteiger partial charge in [0.15, 0.2) is 5.65 Å². The second kappa shape index (κ2) is 2.95. The molecule has 0 fully saturated rings. The summed E-state index contributed by atoms with van der Waals surface area (Å²) in [7, 11) is 0. The van der Waals surface area contributed by atoms with E-state index in [4.69, 9.17) is 11.6 Å². The topological polar surface area (TPSA) is 38.7 Å². The van der Waals surface area contributed by atoms with Gasteiger partial charge in [-0.15, -0.1) is 0 Å². The average Bonchev–Trinajstić information content (AvgIpc) is 2.04. The minimum Gasteiger partial charge on any atom is -0.224 e. The van der Waals surface area contributed by atoms with Crippen molar-refractivity contribution >= 4 is 38.6 Å². The predicted molar refractivity (Wildman–Crippen MR) is 50.0 cm³/mol. The molecule has 0 saturated carbocycles. The second-order valence-electron chi connectivity index (χ2n) is 2.17. The molecule has 0 spiro atoms. The van der Waals surface area contributed by atoms with E-state index in [1.807, 2.05) is 6.07 Å². The van der Waals surface area contributed by atoms with E-state index in [0.29, 0.717) is 10.8 Å². The Balaban J connectivity index is 2.86. The van der Waals surface area contributed by atoms with Crippen molar-refractivity contribution < 1.29 is 0 Å². The van der Waals surface area contributed by atoms with Gasteiger partial charge in [-0.1, -0.05) is 11.6 Å². The van der Waals surface area contributed by atoms with Crippen LogP contribution in [0, 0.1) is 0 Å². The SMILES string of the molecule is Clc1ncnc2nc(Br)ccc12. The van der Waals surface area contributed by atoms with Crippen LogP contribution < -0.4 is 0 Å². The summed E-state index contributed by atoms with van der Waals surface area (Å²) in [5.41, 5.74) is 0.601. The molecular weight excluding hydrogens is 241 g/mol. The van der Waals surface area contributed by atoms with E-state index < -0.39 is 0 Å². The summed E-state index contributed by atoms with van der Waals surface area (Å²) in [5.74, 6) is 0. The van der Waals surface area contributed by atoms with Crippen LogP contribution in [0.25, 0.3) is 11.0 Å². The highest BCUT2D eigenvalue weighted by atomic mass is 79.9. The fourth-order valence-corrected chi connectivity index (χ4v) is 1.38. The second-order valence-corrected chi connectivity index (χ2v) is 3.34. The minimum atomic E-state index is 0.431. The molecule has 0 saturated heterocycles. The van der Waals surface area contributed by atoms with E-state index in [0.717, 1.165) is 9.99 Å². The van der Waals surface area contributed by atoms with Crippen LogP contribution in [0.5, 0.6) is 0 Å². The van der Waals surface area contributed by atoms with Gasteiger partial charge in [0, 0.05) is 0 Å². The summed E-state index contributed by atoms with van der Waals surface area (Å²) in [5, 5.41) is 1.20. The molecule has 3 nitrogen and oxygen atoms in total. The largest absolute Gasteiger partial charge is 0.224 e. The number of pyridine rings is 1. The first-order valence-corrected chi connectivity index (χ1v) is 4.37.